The van der Waals surface area contributed by atoms with Crippen molar-refractivity contribution in [3.63, 3.8) is 0 Å². The summed E-state index contributed by atoms with van der Waals surface area (Å²) < 4.78 is 43.4. The summed E-state index contributed by atoms with van der Waals surface area (Å²) in [5, 5.41) is 2.69. The Morgan fingerprint density at radius 1 is 1.35 bits per heavy atom. The van der Waals surface area contributed by atoms with Crippen LogP contribution in [-0.2, 0) is 0 Å². The third-order valence-corrected chi connectivity index (χ3v) is 3.76. The number of alkyl halides is 3. The highest BCUT2D eigenvalue weighted by Gasteiger charge is 2.42. The molecule has 1 aromatic heterocycles. The Morgan fingerprint density at radius 2 is 2.05 bits per heavy atom. The first kappa shape index (κ1) is 14.9. The number of aryl methyl sites for hydroxylation is 2. The molecule has 0 radical (unpaired) electrons. The molecule has 3 nitrogen and oxygen atoms in total. The maximum atomic E-state index is 12.7. The first-order chi connectivity index (χ1) is 9.27. The van der Waals surface area contributed by atoms with Crippen LogP contribution >= 0.6 is 0 Å². The molecule has 1 heterocycles. The number of rotatable bonds is 2. The molecule has 1 saturated carbocycles. The number of carbonyl (C=O) groups is 1. The number of amides is 1. The zero-order valence-electron chi connectivity index (χ0n) is 11.5. The van der Waals surface area contributed by atoms with E-state index in [-0.39, 0.29) is 18.7 Å². The molecular weight excluding hydrogens is 271 g/mol. The molecule has 0 saturated heterocycles. The number of hydrogen-bond acceptors (Lipinski definition) is 2. The minimum absolute atomic E-state index is 0.0366. The van der Waals surface area contributed by atoms with Gasteiger partial charge in [-0.3, -0.25) is 4.79 Å². The number of carbonyl (C=O) groups excluding carboxylic acids is 1. The van der Waals surface area contributed by atoms with Crippen molar-refractivity contribution in [3.05, 3.63) is 23.2 Å². The zero-order valence-corrected chi connectivity index (χ0v) is 11.5. The largest absolute Gasteiger partial charge is 0.466 e. The number of nitrogens with one attached hydrogen (secondary N) is 1. The molecule has 0 aromatic carbocycles. The Morgan fingerprint density at radius 3 is 2.60 bits per heavy atom. The molecule has 0 bridgehead atoms. The molecule has 2 atom stereocenters. The van der Waals surface area contributed by atoms with E-state index in [1.807, 2.05) is 0 Å². The van der Waals surface area contributed by atoms with E-state index in [1.54, 1.807) is 19.9 Å². The molecule has 1 aliphatic rings. The first-order valence-corrected chi connectivity index (χ1v) is 6.72. The van der Waals surface area contributed by atoms with Crippen LogP contribution in [0.1, 0.15) is 47.6 Å². The Bertz CT molecular complexity index is 493. The molecule has 1 fully saturated rings. The van der Waals surface area contributed by atoms with Gasteiger partial charge in [0.05, 0.1) is 11.5 Å². The van der Waals surface area contributed by atoms with Crippen molar-refractivity contribution in [1.82, 2.24) is 5.32 Å². The molecule has 2 rings (SSSR count). The van der Waals surface area contributed by atoms with Gasteiger partial charge in [0.15, 0.2) is 0 Å². The van der Waals surface area contributed by atoms with Crippen LogP contribution in [0.25, 0.3) is 0 Å². The van der Waals surface area contributed by atoms with Crippen LogP contribution in [0.15, 0.2) is 10.5 Å². The molecule has 0 aliphatic heterocycles. The lowest BCUT2D eigenvalue weighted by Crippen LogP contribution is -2.41. The van der Waals surface area contributed by atoms with Gasteiger partial charge in [-0.05, 0) is 39.2 Å². The summed E-state index contributed by atoms with van der Waals surface area (Å²) in [4.78, 5) is 12.1. The number of halogens is 3. The van der Waals surface area contributed by atoms with E-state index in [1.165, 1.54) is 0 Å². The first-order valence-electron chi connectivity index (χ1n) is 6.72. The van der Waals surface area contributed by atoms with Crippen molar-refractivity contribution in [3.8, 4) is 0 Å². The van der Waals surface area contributed by atoms with Crippen LogP contribution in [0.3, 0.4) is 0 Å². The van der Waals surface area contributed by atoms with E-state index in [0.29, 0.717) is 29.9 Å². The van der Waals surface area contributed by atoms with Gasteiger partial charge in [-0.15, -0.1) is 0 Å². The average molecular weight is 289 g/mol. The predicted molar refractivity (Wildman–Crippen MR) is 67.4 cm³/mol. The van der Waals surface area contributed by atoms with Crippen molar-refractivity contribution in [2.75, 3.05) is 0 Å². The summed E-state index contributed by atoms with van der Waals surface area (Å²) in [6.07, 6.45) is -2.98. The summed E-state index contributed by atoms with van der Waals surface area (Å²) in [6, 6.07) is 1.19. The van der Waals surface area contributed by atoms with Crippen LogP contribution in [0.4, 0.5) is 13.2 Å². The van der Waals surface area contributed by atoms with Gasteiger partial charge in [0, 0.05) is 6.04 Å². The smallest absolute Gasteiger partial charge is 0.391 e. The van der Waals surface area contributed by atoms with E-state index in [0.717, 1.165) is 0 Å². The minimum Gasteiger partial charge on any atom is -0.466 e. The Labute approximate surface area is 115 Å². The SMILES string of the molecule is Cc1cc(C(=O)NC2CCCC(C(F)(F)F)C2)c(C)o1. The second-order valence-electron chi connectivity index (χ2n) is 5.40. The molecule has 1 N–H and O–H groups in total. The average Bonchev–Trinajstić information content (AvgIpc) is 2.68. The number of furan rings is 1. The topological polar surface area (TPSA) is 42.2 Å². The molecule has 6 heteroatoms. The fourth-order valence-corrected chi connectivity index (χ4v) is 2.74. The van der Waals surface area contributed by atoms with E-state index < -0.39 is 18.1 Å². The van der Waals surface area contributed by atoms with Crippen LogP contribution in [0.2, 0.25) is 0 Å². The van der Waals surface area contributed by atoms with Gasteiger partial charge in [-0.25, -0.2) is 0 Å². The van der Waals surface area contributed by atoms with Gasteiger partial charge in [0.1, 0.15) is 11.5 Å². The Balaban J connectivity index is 1.99. The van der Waals surface area contributed by atoms with Crippen molar-refractivity contribution >= 4 is 5.91 Å². The standard InChI is InChI=1S/C14H18F3NO2/c1-8-6-12(9(2)20-8)13(19)18-11-5-3-4-10(7-11)14(15,16)17/h6,10-11H,3-5,7H2,1-2H3,(H,18,19). The highest BCUT2D eigenvalue weighted by molar-refractivity contribution is 5.95. The summed E-state index contributed by atoms with van der Waals surface area (Å²) in [5.74, 6) is -0.562. The Kier molecular flexibility index (Phi) is 4.11. The summed E-state index contributed by atoms with van der Waals surface area (Å²) in [6.45, 7) is 3.39. The molecule has 1 aromatic rings. The maximum absolute atomic E-state index is 12.7. The monoisotopic (exact) mass is 289 g/mol. The van der Waals surface area contributed by atoms with Crippen molar-refractivity contribution in [2.45, 2.75) is 51.7 Å². The third-order valence-electron chi connectivity index (χ3n) is 3.76. The molecule has 1 aliphatic carbocycles. The van der Waals surface area contributed by atoms with Crippen molar-refractivity contribution in [1.29, 1.82) is 0 Å². The quantitative estimate of drug-likeness (QED) is 0.901. The highest BCUT2D eigenvalue weighted by Crippen LogP contribution is 2.37. The second-order valence-corrected chi connectivity index (χ2v) is 5.40. The molecule has 1 amide bonds. The number of hydrogen-bond donors (Lipinski definition) is 1. The molecule has 20 heavy (non-hydrogen) atoms. The summed E-state index contributed by atoms with van der Waals surface area (Å²) in [7, 11) is 0. The van der Waals surface area contributed by atoms with Crippen LogP contribution < -0.4 is 5.32 Å². The minimum atomic E-state index is -4.18. The van der Waals surface area contributed by atoms with Crippen LogP contribution in [0, 0.1) is 19.8 Å². The van der Waals surface area contributed by atoms with E-state index in [4.69, 9.17) is 4.42 Å². The fourth-order valence-electron chi connectivity index (χ4n) is 2.74. The van der Waals surface area contributed by atoms with Gasteiger partial charge in [0.2, 0.25) is 0 Å². The van der Waals surface area contributed by atoms with Crippen LogP contribution in [-0.4, -0.2) is 18.1 Å². The summed E-state index contributed by atoms with van der Waals surface area (Å²) >= 11 is 0. The van der Waals surface area contributed by atoms with E-state index in [9.17, 15) is 18.0 Å². The lowest BCUT2D eigenvalue weighted by atomic mass is 9.85. The normalized spacial score (nSPS) is 23.6. The summed E-state index contributed by atoms with van der Waals surface area (Å²) in [5.41, 5.74) is 0.400. The van der Waals surface area contributed by atoms with E-state index in [2.05, 4.69) is 5.32 Å². The van der Waals surface area contributed by atoms with Crippen molar-refractivity contribution in [2.24, 2.45) is 5.92 Å². The zero-order chi connectivity index (χ0) is 14.9. The van der Waals surface area contributed by atoms with Gasteiger partial charge >= 0.3 is 6.18 Å². The third kappa shape index (κ3) is 3.35. The molecule has 2 unspecified atom stereocenters. The molecule has 0 spiro atoms. The van der Waals surface area contributed by atoms with Crippen molar-refractivity contribution < 1.29 is 22.4 Å². The lowest BCUT2D eigenvalue weighted by Gasteiger charge is -2.30. The van der Waals surface area contributed by atoms with Crippen LogP contribution in [0.5, 0.6) is 0 Å². The van der Waals surface area contributed by atoms with Gasteiger partial charge in [0.25, 0.3) is 5.91 Å². The molecule has 112 valence electrons. The Hall–Kier alpha value is -1.46. The lowest BCUT2D eigenvalue weighted by molar-refractivity contribution is -0.183. The highest BCUT2D eigenvalue weighted by atomic mass is 19.4. The van der Waals surface area contributed by atoms with Gasteiger partial charge < -0.3 is 9.73 Å². The maximum Gasteiger partial charge on any atom is 0.391 e. The molecular formula is C14H18F3NO2. The fraction of sp³-hybridized carbons (Fsp3) is 0.643. The second kappa shape index (κ2) is 5.50. The van der Waals surface area contributed by atoms with Gasteiger partial charge in [-0.1, -0.05) is 6.42 Å². The van der Waals surface area contributed by atoms with E-state index >= 15 is 0 Å². The predicted octanol–water partition coefficient (Wildman–Crippen LogP) is 3.75. The van der Waals surface area contributed by atoms with Gasteiger partial charge in [-0.2, -0.15) is 13.2 Å².